The monoisotopic (exact) mass is 347 g/mol. The summed E-state index contributed by atoms with van der Waals surface area (Å²) in [6, 6.07) is 8.04. The first kappa shape index (κ1) is 16.3. The Morgan fingerprint density at radius 3 is 2.79 bits per heavy atom. The van der Waals surface area contributed by atoms with E-state index in [1.54, 1.807) is 13.2 Å². The van der Waals surface area contributed by atoms with Crippen molar-refractivity contribution in [1.82, 2.24) is 9.78 Å². The maximum Gasteiger partial charge on any atom is 0.282 e. The van der Waals surface area contributed by atoms with Crippen LogP contribution in [0.3, 0.4) is 0 Å². The zero-order valence-corrected chi connectivity index (χ0v) is 14.0. The summed E-state index contributed by atoms with van der Waals surface area (Å²) < 4.78 is 6.63. The lowest BCUT2D eigenvalue weighted by atomic mass is 10.1. The van der Waals surface area contributed by atoms with Gasteiger partial charge in [0.25, 0.3) is 11.9 Å². The summed E-state index contributed by atoms with van der Waals surface area (Å²) in [7, 11) is 1.71. The molecule has 0 aliphatic carbocycles. The van der Waals surface area contributed by atoms with Gasteiger partial charge in [-0.15, -0.1) is 0 Å². The van der Waals surface area contributed by atoms with Crippen molar-refractivity contribution >= 4 is 29.2 Å². The summed E-state index contributed by atoms with van der Waals surface area (Å²) >= 11 is 5.97. The zero-order chi connectivity index (χ0) is 17.1. The number of nitrogens with zero attached hydrogens (tertiary/aromatic N) is 3. The van der Waals surface area contributed by atoms with Crippen LogP contribution in [0.25, 0.3) is 0 Å². The predicted molar refractivity (Wildman–Crippen MR) is 92.3 cm³/mol. The molecule has 0 saturated carbocycles. The Bertz CT molecular complexity index is 769. The number of aromatic nitrogens is 2. The van der Waals surface area contributed by atoms with Crippen molar-refractivity contribution in [3.05, 3.63) is 46.7 Å². The summed E-state index contributed by atoms with van der Waals surface area (Å²) in [5.74, 6) is -0.332. The highest BCUT2D eigenvalue weighted by Crippen LogP contribution is 2.17. The molecule has 0 radical (unpaired) electrons. The molecule has 3 rings (SSSR count). The Labute approximate surface area is 144 Å². The molecule has 24 heavy (non-hydrogen) atoms. The Morgan fingerprint density at radius 1 is 1.46 bits per heavy atom. The molecule has 0 spiro atoms. The van der Waals surface area contributed by atoms with Crippen molar-refractivity contribution in [2.75, 3.05) is 11.9 Å². The number of amidine groups is 1. The first-order valence-corrected chi connectivity index (χ1v) is 7.94. The van der Waals surface area contributed by atoms with Crippen molar-refractivity contribution in [2.45, 2.75) is 18.9 Å². The van der Waals surface area contributed by atoms with Crippen LogP contribution in [0.15, 0.2) is 35.5 Å². The lowest BCUT2D eigenvalue weighted by molar-refractivity contribution is 0.102. The number of carbonyl (C=O) groups excluding carboxylic acids is 1. The molecule has 1 atom stereocenters. The van der Waals surface area contributed by atoms with Gasteiger partial charge >= 0.3 is 0 Å². The number of anilines is 1. The van der Waals surface area contributed by atoms with E-state index >= 15 is 0 Å². The van der Waals surface area contributed by atoms with Gasteiger partial charge in [0, 0.05) is 18.9 Å². The van der Waals surface area contributed by atoms with Gasteiger partial charge in [-0.2, -0.15) is 5.10 Å². The largest absolute Gasteiger partial charge is 0.463 e. The molecule has 1 aromatic carbocycles. The topological polar surface area (TPSA) is 94.5 Å². The van der Waals surface area contributed by atoms with Gasteiger partial charge in [-0.25, -0.2) is 4.99 Å². The molecule has 1 unspecified atom stereocenters. The molecular formula is C16H18ClN5O2. The first-order valence-electron chi connectivity index (χ1n) is 7.57. The average molecular weight is 348 g/mol. The number of benzene rings is 1. The summed E-state index contributed by atoms with van der Waals surface area (Å²) in [6.07, 6.45) is 3.32. The fourth-order valence-corrected chi connectivity index (χ4v) is 2.74. The minimum absolute atomic E-state index is 0.121. The summed E-state index contributed by atoms with van der Waals surface area (Å²) in [5, 5.41) is 7.15. The molecule has 2 aromatic rings. The Morgan fingerprint density at radius 2 is 2.21 bits per heavy atom. The molecule has 7 nitrogen and oxygen atoms in total. The van der Waals surface area contributed by atoms with Crippen molar-refractivity contribution in [2.24, 2.45) is 17.8 Å². The number of aliphatic imine (C=N–C) groups is 1. The molecule has 1 amide bonds. The number of aryl methyl sites for hydroxylation is 2. The van der Waals surface area contributed by atoms with E-state index in [9.17, 15) is 4.79 Å². The van der Waals surface area contributed by atoms with Gasteiger partial charge in [0.1, 0.15) is 6.61 Å². The minimum atomic E-state index is -0.332. The van der Waals surface area contributed by atoms with E-state index in [2.05, 4.69) is 15.4 Å². The van der Waals surface area contributed by atoms with Crippen LogP contribution in [0, 0.1) is 0 Å². The molecule has 126 valence electrons. The fraction of sp³-hybridized carbons (Fsp3) is 0.312. The number of halogens is 1. The van der Waals surface area contributed by atoms with E-state index in [0.717, 1.165) is 18.4 Å². The van der Waals surface area contributed by atoms with E-state index in [-0.39, 0.29) is 23.7 Å². The SMILES string of the molecule is Cn1cc(Cl)c(C(=O)Nc2ccc(CCC3COC(N)=N3)cc2)n1. The van der Waals surface area contributed by atoms with Gasteiger partial charge < -0.3 is 15.8 Å². The van der Waals surface area contributed by atoms with Crippen molar-refractivity contribution in [1.29, 1.82) is 0 Å². The Kier molecular flexibility index (Phi) is 4.71. The molecule has 0 saturated heterocycles. The number of hydrogen-bond donors (Lipinski definition) is 2. The second kappa shape index (κ2) is 6.92. The van der Waals surface area contributed by atoms with Crippen molar-refractivity contribution in [3.63, 3.8) is 0 Å². The van der Waals surface area contributed by atoms with Crippen LogP contribution in [-0.4, -0.2) is 34.4 Å². The number of nitrogens with two attached hydrogens (primary N) is 1. The van der Waals surface area contributed by atoms with E-state index in [0.29, 0.717) is 17.3 Å². The van der Waals surface area contributed by atoms with Crippen LogP contribution in [0.1, 0.15) is 22.5 Å². The molecule has 0 bridgehead atoms. The number of amides is 1. The molecular weight excluding hydrogens is 330 g/mol. The molecule has 3 N–H and O–H groups in total. The number of ether oxygens (including phenoxy) is 1. The molecule has 1 aliphatic heterocycles. The van der Waals surface area contributed by atoms with Crippen LogP contribution in [-0.2, 0) is 18.2 Å². The second-order valence-electron chi connectivity index (χ2n) is 5.62. The maximum atomic E-state index is 12.2. The molecule has 1 aromatic heterocycles. The number of nitrogens with one attached hydrogen (secondary N) is 1. The predicted octanol–water partition coefficient (Wildman–Crippen LogP) is 1.97. The molecule has 0 fully saturated rings. The second-order valence-corrected chi connectivity index (χ2v) is 6.03. The van der Waals surface area contributed by atoms with Gasteiger partial charge in [0.2, 0.25) is 0 Å². The third kappa shape index (κ3) is 3.86. The third-order valence-electron chi connectivity index (χ3n) is 3.71. The number of hydrogen-bond acceptors (Lipinski definition) is 5. The van der Waals surface area contributed by atoms with Crippen molar-refractivity contribution in [3.8, 4) is 0 Å². The fourth-order valence-electron chi connectivity index (χ4n) is 2.48. The summed E-state index contributed by atoms with van der Waals surface area (Å²) in [5.41, 5.74) is 7.55. The Balaban J connectivity index is 1.56. The summed E-state index contributed by atoms with van der Waals surface area (Å²) in [4.78, 5) is 16.3. The van der Waals surface area contributed by atoms with Crippen LogP contribution in [0.5, 0.6) is 0 Å². The van der Waals surface area contributed by atoms with Crippen LogP contribution < -0.4 is 11.1 Å². The number of carbonyl (C=O) groups is 1. The van der Waals surface area contributed by atoms with E-state index in [1.807, 2.05) is 24.3 Å². The van der Waals surface area contributed by atoms with Gasteiger partial charge in [0.05, 0.1) is 11.1 Å². The normalized spacial score (nSPS) is 16.6. The summed E-state index contributed by atoms with van der Waals surface area (Å²) in [6.45, 7) is 0.546. The van der Waals surface area contributed by atoms with E-state index in [4.69, 9.17) is 22.1 Å². The van der Waals surface area contributed by atoms with Crippen molar-refractivity contribution < 1.29 is 9.53 Å². The van der Waals surface area contributed by atoms with E-state index < -0.39 is 0 Å². The smallest absolute Gasteiger partial charge is 0.282 e. The third-order valence-corrected chi connectivity index (χ3v) is 3.99. The quantitative estimate of drug-likeness (QED) is 0.864. The number of rotatable bonds is 5. The molecule has 8 heteroatoms. The van der Waals surface area contributed by atoms with Gasteiger partial charge in [-0.3, -0.25) is 9.48 Å². The minimum Gasteiger partial charge on any atom is -0.463 e. The lowest BCUT2D eigenvalue weighted by Gasteiger charge is -2.07. The van der Waals surface area contributed by atoms with Crippen LogP contribution in [0.2, 0.25) is 5.02 Å². The van der Waals surface area contributed by atoms with E-state index in [1.165, 1.54) is 4.68 Å². The van der Waals surface area contributed by atoms with Gasteiger partial charge in [-0.05, 0) is 30.5 Å². The molecule has 1 aliphatic rings. The zero-order valence-electron chi connectivity index (χ0n) is 13.2. The highest BCUT2D eigenvalue weighted by molar-refractivity contribution is 6.34. The first-order chi connectivity index (χ1) is 11.5. The van der Waals surface area contributed by atoms with Gasteiger partial charge in [-0.1, -0.05) is 23.7 Å². The maximum absolute atomic E-state index is 12.2. The molecule has 2 heterocycles. The Hall–Kier alpha value is -2.54. The van der Waals surface area contributed by atoms with Crippen LogP contribution >= 0.6 is 11.6 Å². The van der Waals surface area contributed by atoms with Gasteiger partial charge in [0.15, 0.2) is 5.69 Å². The lowest BCUT2D eigenvalue weighted by Crippen LogP contribution is -2.13. The average Bonchev–Trinajstić information content (AvgIpc) is 3.11. The van der Waals surface area contributed by atoms with Crippen LogP contribution in [0.4, 0.5) is 5.69 Å². The highest BCUT2D eigenvalue weighted by Gasteiger charge is 2.17. The highest BCUT2D eigenvalue weighted by atomic mass is 35.5. The standard InChI is InChI=1S/C16H18ClN5O2/c1-22-8-13(17)14(21-22)15(23)19-11-5-2-10(3-6-11)4-7-12-9-24-16(18)20-12/h2-3,5-6,8,12H,4,7,9H2,1H3,(H2,18,20)(H,19,23).